The lowest BCUT2D eigenvalue weighted by Crippen LogP contribution is -2.22. The van der Waals surface area contributed by atoms with Crippen LogP contribution in [0.25, 0.3) is 0 Å². The van der Waals surface area contributed by atoms with Crippen LogP contribution >= 0.6 is 11.3 Å². The molecular weight excluding hydrogens is 302 g/mol. The summed E-state index contributed by atoms with van der Waals surface area (Å²) in [4.78, 5) is 10.6. The molecule has 2 N–H and O–H groups in total. The van der Waals surface area contributed by atoms with E-state index in [-0.39, 0.29) is 10.6 Å². The Morgan fingerprint density at radius 3 is 2.44 bits per heavy atom. The third-order valence-electron chi connectivity index (χ3n) is 1.85. The second-order valence-electron chi connectivity index (χ2n) is 3.52. The van der Waals surface area contributed by atoms with Crippen LogP contribution in [0.4, 0.5) is 5.69 Å². The van der Waals surface area contributed by atoms with E-state index >= 15 is 0 Å². The van der Waals surface area contributed by atoms with E-state index in [4.69, 9.17) is 5.11 Å². The Balaban J connectivity index is 2.83. The van der Waals surface area contributed by atoms with Crippen molar-refractivity contribution < 1.29 is 26.7 Å². The zero-order valence-electron chi connectivity index (χ0n) is 9.28. The molecule has 0 amide bonds. The smallest absolute Gasteiger partial charge is 0.348 e. The minimum atomic E-state index is -3.88. The molecule has 0 saturated carbocycles. The van der Waals surface area contributed by atoms with Crippen molar-refractivity contribution in [3.8, 4) is 0 Å². The number of aromatic carboxylic acids is 1. The van der Waals surface area contributed by atoms with Gasteiger partial charge in [0.25, 0.3) is 0 Å². The number of carbonyl (C=O) groups is 1. The third-order valence-corrected chi connectivity index (χ3v) is 5.23. The molecule has 10 heteroatoms. The van der Waals surface area contributed by atoms with Crippen molar-refractivity contribution in [3.05, 3.63) is 16.3 Å². The Bertz CT molecular complexity index is 642. The standard InChI is InChI=1S/C8H11NO6S3/c1-17(12,13)4-5-18(14,15)9-6-2-3-16-7(6)8(10)11/h2-3,9H,4-5H2,1H3,(H,10,11). The topological polar surface area (TPSA) is 118 Å². The van der Waals surface area contributed by atoms with Gasteiger partial charge in [-0.05, 0) is 11.4 Å². The summed E-state index contributed by atoms with van der Waals surface area (Å²) in [5.74, 6) is -2.37. The molecular formula is C8H11NO6S3. The van der Waals surface area contributed by atoms with Crippen molar-refractivity contribution in [3.63, 3.8) is 0 Å². The second-order valence-corrected chi connectivity index (χ2v) is 8.54. The number of carboxylic acids is 1. The van der Waals surface area contributed by atoms with Crippen LogP contribution in [0.2, 0.25) is 0 Å². The van der Waals surface area contributed by atoms with Crippen LogP contribution in [0.1, 0.15) is 9.67 Å². The summed E-state index contributed by atoms with van der Waals surface area (Å²) in [6.45, 7) is 0. The molecule has 0 aromatic carbocycles. The van der Waals surface area contributed by atoms with Gasteiger partial charge in [0.1, 0.15) is 14.7 Å². The fraction of sp³-hybridized carbons (Fsp3) is 0.375. The van der Waals surface area contributed by atoms with Crippen LogP contribution in [-0.4, -0.2) is 45.7 Å². The molecule has 0 saturated heterocycles. The quantitative estimate of drug-likeness (QED) is 0.776. The number of hydrogen-bond acceptors (Lipinski definition) is 6. The largest absolute Gasteiger partial charge is 0.477 e. The fourth-order valence-corrected chi connectivity index (χ4v) is 4.48. The van der Waals surface area contributed by atoms with Gasteiger partial charge in [-0.3, -0.25) is 4.72 Å². The van der Waals surface area contributed by atoms with E-state index in [0.29, 0.717) is 0 Å². The van der Waals surface area contributed by atoms with E-state index < -0.39 is 37.3 Å². The number of sulfonamides is 1. The average Bonchev–Trinajstić information content (AvgIpc) is 2.61. The van der Waals surface area contributed by atoms with Gasteiger partial charge in [0.2, 0.25) is 10.0 Å². The van der Waals surface area contributed by atoms with Gasteiger partial charge in [-0.15, -0.1) is 11.3 Å². The van der Waals surface area contributed by atoms with Gasteiger partial charge in [-0.2, -0.15) is 0 Å². The number of hydrogen-bond donors (Lipinski definition) is 2. The summed E-state index contributed by atoms with van der Waals surface area (Å²) < 4.78 is 46.9. The van der Waals surface area contributed by atoms with E-state index in [1.54, 1.807) is 0 Å². The molecule has 1 rings (SSSR count). The Morgan fingerprint density at radius 2 is 1.94 bits per heavy atom. The van der Waals surface area contributed by atoms with Crippen molar-refractivity contribution >= 4 is 42.9 Å². The predicted molar refractivity (Wildman–Crippen MR) is 68.4 cm³/mol. The molecule has 0 radical (unpaired) electrons. The van der Waals surface area contributed by atoms with Crippen LogP contribution < -0.4 is 4.72 Å². The Hall–Kier alpha value is -1.13. The van der Waals surface area contributed by atoms with Crippen LogP contribution in [0.15, 0.2) is 11.4 Å². The summed E-state index contributed by atoms with van der Waals surface area (Å²) in [6, 6.07) is 1.31. The molecule has 0 fully saturated rings. The van der Waals surface area contributed by atoms with Crippen LogP contribution in [-0.2, 0) is 19.9 Å². The van der Waals surface area contributed by atoms with Gasteiger partial charge in [-0.25, -0.2) is 21.6 Å². The third kappa shape index (κ3) is 4.63. The van der Waals surface area contributed by atoms with Crippen LogP contribution in [0.5, 0.6) is 0 Å². The van der Waals surface area contributed by atoms with Gasteiger partial charge in [-0.1, -0.05) is 0 Å². The monoisotopic (exact) mass is 313 g/mol. The molecule has 0 spiro atoms. The number of anilines is 1. The van der Waals surface area contributed by atoms with E-state index in [1.807, 2.05) is 0 Å². The Kier molecular flexibility index (Phi) is 4.35. The maximum atomic E-state index is 11.6. The predicted octanol–water partition coefficient (Wildman–Crippen LogP) is 0.233. The van der Waals surface area contributed by atoms with Gasteiger partial charge < -0.3 is 5.11 Å². The van der Waals surface area contributed by atoms with Crippen LogP contribution in [0.3, 0.4) is 0 Å². The molecule has 7 nitrogen and oxygen atoms in total. The summed E-state index contributed by atoms with van der Waals surface area (Å²) >= 11 is 0.877. The first-order chi connectivity index (χ1) is 8.11. The lowest BCUT2D eigenvalue weighted by molar-refractivity contribution is 0.0703. The zero-order chi connectivity index (χ0) is 14.0. The van der Waals surface area contributed by atoms with Gasteiger partial charge in [0.05, 0.1) is 17.2 Å². The van der Waals surface area contributed by atoms with Crippen molar-refractivity contribution in [2.24, 2.45) is 0 Å². The van der Waals surface area contributed by atoms with E-state index in [9.17, 15) is 21.6 Å². The number of nitrogens with one attached hydrogen (secondary N) is 1. The molecule has 102 valence electrons. The summed E-state index contributed by atoms with van der Waals surface area (Å²) in [7, 11) is -7.28. The first kappa shape index (κ1) is 14.9. The normalized spacial score (nSPS) is 12.3. The lowest BCUT2D eigenvalue weighted by atomic mass is 10.4. The number of sulfone groups is 1. The zero-order valence-corrected chi connectivity index (χ0v) is 11.7. The maximum Gasteiger partial charge on any atom is 0.348 e. The molecule has 0 aliphatic carbocycles. The second kappa shape index (κ2) is 5.24. The molecule has 0 aliphatic heterocycles. The Labute approximate surface area is 108 Å². The average molecular weight is 313 g/mol. The first-order valence-corrected chi connectivity index (χ1v) is 9.19. The van der Waals surface area contributed by atoms with Crippen molar-refractivity contribution in [1.82, 2.24) is 0 Å². The molecule has 0 unspecified atom stereocenters. The summed E-state index contributed by atoms with van der Waals surface area (Å²) in [6.07, 6.45) is 0.926. The highest BCUT2D eigenvalue weighted by atomic mass is 32.2. The molecule has 0 aliphatic rings. The molecule has 1 aromatic rings. The van der Waals surface area contributed by atoms with Crippen LogP contribution in [0, 0.1) is 0 Å². The minimum absolute atomic E-state index is 0.0546. The SMILES string of the molecule is CS(=O)(=O)CCS(=O)(=O)Nc1ccsc1C(=O)O. The number of carboxylic acid groups (broad SMARTS) is 1. The summed E-state index contributed by atoms with van der Waals surface area (Å²) in [5, 5.41) is 10.2. The van der Waals surface area contributed by atoms with E-state index in [2.05, 4.69) is 4.72 Å². The van der Waals surface area contributed by atoms with Crippen molar-refractivity contribution in [1.29, 1.82) is 0 Å². The first-order valence-electron chi connectivity index (χ1n) is 4.60. The highest BCUT2D eigenvalue weighted by Gasteiger charge is 2.19. The van der Waals surface area contributed by atoms with E-state index in [0.717, 1.165) is 17.6 Å². The highest BCUT2D eigenvalue weighted by molar-refractivity contribution is 7.95. The molecule has 18 heavy (non-hydrogen) atoms. The lowest BCUT2D eigenvalue weighted by Gasteiger charge is -2.06. The Morgan fingerprint density at radius 1 is 1.33 bits per heavy atom. The van der Waals surface area contributed by atoms with Gasteiger partial charge >= 0.3 is 5.97 Å². The molecule has 0 atom stereocenters. The van der Waals surface area contributed by atoms with E-state index in [1.165, 1.54) is 11.4 Å². The number of thiophene rings is 1. The molecule has 0 bridgehead atoms. The molecule has 1 heterocycles. The number of rotatable bonds is 6. The van der Waals surface area contributed by atoms with Gasteiger partial charge in [0.15, 0.2) is 0 Å². The molecule has 1 aromatic heterocycles. The highest BCUT2D eigenvalue weighted by Crippen LogP contribution is 2.23. The van der Waals surface area contributed by atoms with Gasteiger partial charge in [0, 0.05) is 6.26 Å². The fourth-order valence-electron chi connectivity index (χ4n) is 1.03. The minimum Gasteiger partial charge on any atom is -0.477 e. The summed E-state index contributed by atoms with van der Waals surface area (Å²) in [5.41, 5.74) is -0.0546. The van der Waals surface area contributed by atoms with Crippen molar-refractivity contribution in [2.75, 3.05) is 22.5 Å². The van der Waals surface area contributed by atoms with Crippen molar-refractivity contribution in [2.45, 2.75) is 0 Å². The maximum absolute atomic E-state index is 11.6.